The van der Waals surface area contributed by atoms with Crippen LogP contribution >= 0.6 is 0 Å². The van der Waals surface area contributed by atoms with E-state index in [9.17, 15) is 0 Å². The quantitative estimate of drug-likeness (QED) is 0.600. The van der Waals surface area contributed by atoms with Crippen molar-refractivity contribution < 1.29 is 4.12 Å². The molecule has 0 N–H and O–H groups in total. The fourth-order valence-corrected chi connectivity index (χ4v) is 8.27. The van der Waals surface area contributed by atoms with E-state index in [0.717, 1.165) is 0 Å². The molecule has 0 amide bonds. The van der Waals surface area contributed by atoms with Crippen molar-refractivity contribution in [3.8, 4) is 0 Å². The molecule has 1 nitrogen and oxygen atoms in total. The van der Waals surface area contributed by atoms with Crippen molar-refractivity contribution in [3.05, 3.63) is 0 Å². The normalized spacial score (nSPS) is 12.6. The Labute approximate surface area is 89.1 Å². The molecule has 0 aromatic rings. The first-order valence-corrected chi connectivity index (χ1v) is 10.2. The van der Waals surface area contributed by atoms with E-state index in [4.69, 9.17) is 4.12 Å². The standard InChI is InChI=1S/C6H18OSi2.Na.H/c1-8(2,3)7-9(4,5)6;;/h1-6H3;;. The molecule has 0 spiro atoms. The Morgan fingerprint density at radius 1 is 0.700 bits per heavy atom. The molecule has 0 aliphatic rings. The molecule has 4 heteroatoms. The summed E-state index contributed by atoms with van der Waals surface area (Å²) in [5, 5.41) is 0. The van der Waals surface area contributed by atoms with Crippen LogP contribution in [0.15, 0.2) is 0 Å². The maximum atomic E-state index is 5.90. The van der Waals surface area contributed by atoms with Gasteiger partial charge in [-0.25, -0.2) is 0 Å². The topological polar surface area (TPSA) is 9.23 Å². The van der Waals surface area contributed by atoms with Gasteiger partial charge in [0.25, 0.3) is 0 Å². The monoisotopic (exact) mass is 186 g/mol. The molecule has 0 fully saturated rings. The third-order valence-corrected chi connectivity index (χ3v) is 5.51. The van der Waals surface area contributed by atoms with Crippen LogP contribution in [0, 0.1) is 0 Å². The molecule has 0 rings (SSSR count). The molecule has 0 aromatic heterocycles. The van der Waals surface area contributed by atoms with Crippen LogP contribution in [0.25, 0.3) is 0 Å². The summed E-state index contributed by atoms with van der Waals surface area (Å²) < 4.78 is 5.90. The van der Waals surface area contributed by atoms with Gasteiger partial charge in [-0.1, -0.05) is 0 Å². The Balaban J connectivity index is 0. The predicted molar refractivity (Wildman–Crippen MR) is 54.9 cm³/mol. The Bertz CT molecular complexity index is 80.9. The fraction of sp³-hybridized carbons (Fsp3) is 1.00. The first kappa shape index (κ1) is 13.9. The third kappa shape index (κ3) is 12.1. The van der Waals surface area contributed by atoms with E-state index in [0.29, 0.717) is 0 Å². The zero-order valence-corrected chi connectivity index (χ0v) is 9.41. The third-order valence-electron chi connectivity index (χ3n) is 0.612. The van der Waals surface area contributed by atoms with Crippen molar-refractivity contribution >= 4 is 46.2 Å². The molecule has 58 valence electrons. The zero-order chi connectivity index (χ0) is 7.71. The van der Waals surface area contributed by atoms with Crippen molar-refractivity contribution in [1.82, 2.24) is 0 Å². The van der Waals surface area contributed by atoms with Gasteiger partial charge < -0.3 is 4.12 Å². The molecule has 0 unspecified atom stereocenters. The molecule has 0 bridgehead atoms. The Morgan fingerprint density at radius 3 is 0.900 bits per heavy atom. The van der Waals surface area contributed by atoms with Crippen LogP contribution < -0.4 is 0 Å². The van der Waals surface area contributed by atoms with Gasteiger partial charge in [0.15, 0.2) is 16.6 Å². The summed E-state index contributed by atoms with van der Waals surface area (Å²) in [6, 6.07) is 0. The minimum atomic E-state index is -1.23. The molecule has 0 heterocycles. The van der Waals surface area contributed by atoms with Gasteiger partial charge in [-0.15, -0.1) is 0 Å². The van der Waals surface area contributed by atoms with Crippen molar-refractivity contribution in [2.24, 2.45) is 0 Å². The van der Waals surface area contributed by atoms with Gasteiger partial charge in [0.05, 0.1) is 0 Å². The SMILES string of the molecule is C[Si](C)(C)O[Si](C)(C)C.[NaH]. The molecule has 0 aliphatic carbocycles. The first-order valence-electron chi connectivity index (χ1n) is 3.41. The van der Waals surface area contributed by atoms with Gasteiger partial charge in [0, 0.05) is 0 Å². The number of rotatable bonds is 2. The Morgan fingerprint density at radius 2 is 0.900 bits per heavy atom. The van der Waals surface area contributed by atoms with E-state index in [-0.39, 0.29) is 29.6 Å². The first-order chi connectivity index (χ1) is 3.71. The maximum absolute atomic E-state index is 5.90. The molecular formula is C6H19NaOSi2. The summed E-state index contributed by atoms with van der Waals surface area (Å²) in [6.45, 7) is 13.4. The minimum absolute atomic E-state index is 0. The summed E-state index contributed by atoms with van der Waals surface area (Å²) in [7, 11) is -2.46. The molecule has 0 radical (unpaired) electrons. The van der Waals surface area contributed by atoms with Crippen molar-refractivity contribution in [1.29, 1.82) is 0 Å². The molecule has 0 aliphatic heterocycles. The molecule has 0 saturated carbocycles. The number of hydrogen-bond acceptors (Lipinski definition) is 1. The second kappa shape index (κ2) is 4.43. The van der Waals surface area contributed by atoms with E-state index in [1.165, 1.54) is 0 Å². The van der Waals surface area contributed by atoms with Crippen molar-refractivity contribution in [3.63, 3.8) is 0 Å². The van der Waals surface area contributed by atoms with Gasteiger partial charge in [-0.2, -0.15) is 0 Å². The fourth-order valence-electron chi connectivity index (χ4n) is 0.919. The zero-order valence-electron chi connectivity index (χ0n) is 7.41. The van der Waals surface area contributed by atoms with Crippen LogP contribution in [0.2, 0.25) is 39.3 Å². The van der Waals surface area contributed by atoms with Crippen LogP contribution in [0.1, 0.15) is 0 Å². The van der Waals surface area contributed by atoms with E-state index >= 15 is 0 Å². The van der Waals surface area contributed by atoms with Gasteiger partial charge in [0.2, 0.25) is 0 Å². The van der Waals surface area contributed by atoms with Crippen molar-refractivity contribution in [2.45, 2.75) is 39.3 Å². The second-order valence-corrected chi connectivity index (χ2v) is 13.6. The van der Waals surface area contributed by atoms with E-state index in [1.54, 1.807) is 0 Å². The van der Waals surface area contributed by atoms with Crippen LogP contribution in [0.3, 0.4) is 0 Å². The predicted octanol–water partition coefficient (Wildman–Crippen LogP) is 2.02. The average Bonchev–Trinajstić information content (AvgIpc) is 1.14. The Hall–Kier alpha value is 1.39. The molecule has 0 aromatic carbocycles. The van der Waals surface area contributed by atoms with E-state index < -0.39 is 16.6 Å². The summed E-state index contributed by atoms with van der Waals surface area (Å²) in [5.41, 5.74) is 0. The average molecular weight is 186 g/mol. The van der Waals surface area contributed by atoms with Gasteiger partial charge >= 0.3 is 29.6 Å². The van der Waals surface area contributed by atoms with Crippen molar-refractivity contribution in [2.75, 3.05) is 0 Å². The van der Waals surface area contributed by atoms with Crippen LogP contribution in [0.4, 0.5) is 0 Å². The number of hydrogen-bond donors (Lipinski definition) is 0. The van der Waals surface area contributed by atoms with Crippen LogP contribution in [-0.2, 0) is 4.12 Å². The summed E-state index contributed by atoms with van der Waals surface area (Å²) in [5.74, 6) is 0. The molecule has 0 saturated heterocycles. The Kier molecular flexibility index (Phi) is 6.18. The summed E-state index contributed by atoms with van der Waals surface area (Å²) in [4.78, 5) is 0. The van der Waals surface area contributed by atoms with E-state index in [2.05, 4.69) is 39.3 Å². The van der Waals surface area contributed by atoms with E-state index in [1.807, 2.05) is 0 Å². The van der Waals surface area contributed by atoms with Crippen LogP contribution in [0.5, 0.6) is 0 Å². The second-order valence-electron chi connectivity index (χ2n) is 4.33. The molecule has 10 heavy (non-hydrogen) atoms. The van der Waals surface area contributed by atoms with Gasteiger partial charge in [-0.3, -0.25) is 0 Å². The summed E-state index contributed by atoms with van der Waals surface area (Å²) in [6.07, 6.45) is 0. The van der Waals surface area contributed by atoms with Gasteiger partial charge in [0.1, 0.15) is 0 Å². The molecule has 0 atom stereocenters. The van der Waals surface area contributed by atoms with Crippen LogP contribution in [-0.4, -0.2) is 46.2 Å². The molecular weight excluding hydrogens is 167 g/mol. The van der Waals surface area contributed by atoms with Gasteiger partial charge in [-0.05, 0) is 39.3 Å². The summed E-state index contributed by atoms with van der Waals surface area (Å²) >= 11 is 0.